The summed E-state index contributed by atoms with van der Waals surface area (Å²) in [5.41, 5.74) is 2.59. The average molecular weight is 367 g/mol. The van der Waals surface area contributed by atoms with Crippen LogP contribution in [0, 0.1) is 0 Å². The first-order valence-electron chi connectivity index (χ1n) is 5.15. The highest BCUT2D eigenvalue weighted by Gasteiger charge is 2.21. The van der Waals surface area contributed by atoms with Crippen LogP contribution in [0.25, 0.3) is 0 Å². The third kappa shape index (κ3) is 2.70. The molecular weight excluding hydrogens is 354 g/mol. The molecule has 1 aromatic rings. The van der Waals surface area contributed by atoms with Gasteiger partial charge in [0.15, 0.2) is 0 Å². The van der Waals surface area contributed by atoms with E-state index in [1.165, 1.54) is 14.9 Å². The molecule has 1 N–H and O–H groups in total. The first-order chi connectivity index (χ1) is 7.72. The molecule has 0 amide bonds. The van der Waals surface area contributed by atoms with Crippen molar-refractivity contribution in [2.24, 2.45) is 0 Å². The van der Waals surface area contributed by atoms with Crippen molar-refractivity contribution in [3.8, 4) is 0 Å². The Bertz CT molecular complexity index is 403. The average Bonchev–Trinajstić information content (AvgIpc) is 2.61. The molecule has 0 radical (unpaired) electrons. The van der Waals surface area contributed by atoms with Crippen LogP contribution in [0.3, 0.4) is 0 Å². The molecule has 0 saturated heterocycles. The number of rotatable bonds is 3. The van der Waals surface area contributed by atoms with Gasteiger partial charge in [0.2, 0.25) is 0 Å². The van der Waals surface area contributed by atoms with Crippen LogP contribution in [-0.2, 0) is 4.74 Å². The van der Waals surface area contributed by atoms with Gasteiger partial charge in [0.05, 0.1) is 26.5 Å². The largest absolute Gasteiger partial charge is 0.501 e. The van der Waals surface area contributed by atoms with Crippen molar-refractivity contribution in [2.45, 2.75) is 18.9 Å². The van der Waals surface area contributed by atoms with Gasteiger partial charge in [-0.2, -0.15) is 0 Å². The summed E-state index contributed by atoms with van der Waals surface area (Å²) in [6.07, 6.45) is 4.11. The van der Waals surface area contributed by atoms with Crippen LogP contribution in [0.4, 0.5) is 0 Å². The first kappa shape index (κ1) is 12.6. The Morgan fingerprint density at radius 1 is 1.50 bits per heavy atom. The Labute approximate surface area is 116 Å². The predicted octanol–water partition coefficient (Wildman–Crippen LogP) is 4.23. The summed E-state index contributed by atoms with van der Waals surface area (Å²) in [4.78, 5) is 0. The van der Waals surface area contributed by atoms with Crippen molar-refractivity contribution < 1.29 is 4.74 Å². The lowest BCUT2D eigenvalue weighted by atomic mass is 9.97. The monoisotopic (exact) mass is 365 g/mol. The van der Waals surface area contributed by atoms with Gasteiger partial charge in [-0.15, -0.1) is 11.3 Å². The quantitative estimate of drug-likeness (QED) is 0.864. The summed E-state index contributed by atoms with van der Waals surface area (Å²) in [6.45, 7) is 0.842. The number of nitrogens with one attached hydrogen (secondary N) is 1. The second-order valence-corrected chi connectivity index (χ2v) is 7.42. The molecule has 5 heteroatoms. The molecule has 1 aliphatic rings. The van der Waals surface area contributed by atoms with Gasteiger partial charge in [-0.25, -0.2) is 0 Å². The molecule has 2 rings (SSSR count). The van der Waals surface area contributed by atoms with Crippen molar-refractivity contribution in [1.29, 1.82) is 0 Å². The van der Waals surface area contributed by atoms with E-state index in [2.05, 4.69) is 43.2 Å². The molecule has 0 saturated carbocycles. The summed E-state index contributed by atoms with van der Waals surface area (Å²) < 4.78 is 7.72. The maximum absolute atomic E-state index is 5.41. The molecule has 1 aliphatic heterocycles. The van der Waals surface area contributed by atoms with Gasteiger partial charge < -0.3 is 10.1 Å². The fourth-order valence-corrected chi connectivity index (χ4v) is 4.79. The number of thiophene rings is 1. The lowest BCUT2D eigenvalue weighted by molar-refractivity contribution is 0.220. The van der Waals surface area contributed by atoms with Crippen LogP contribution in [0.5, 0.6) is 0 Å². The SMILES string of the molecule is CNC(C1=COCCC1)c1cc(Br)sc1Br. The van der Waals surface area contributed by atoms with Gasteiger partial charge in [-0.05, 0) is 69.0 Å². The minimum absolute atomic E-state index is 0.247. The van der Waals surface area contributed by atoms with Gasteiger partial charge in [0.25, 0.3) is 0 Å². The molecule has 2 heterocycles. The summed E-state index contributed by atoms with van der Waals surface area (Å²) >= 11 is 8.82. The molecular formula is C11H13Br2NOS. The van der Waals surface area contributed by atoms with Gasteiger partial charge >= 0.3 is 0 Å². The second-order valence-electron chi connectivity index (χ2n) is 3.67. The summed E-state index contributed by atoms with van der Waals surface area (Å²) in [5.74, 6) is 0. The fraction of sp³-hybridized carbons (Fsp3) is 0.455. The van der Waals surface area contributed by atoms with E-state index in [0.717, 1.165) is 23.2 Å². The summed E-state index contributed by atoms with van der Waals surface area (Å²) in [6, 6.07) is 2.41. The Hall–Kier alpha value is 0.160. The standard InChI is InChI=1S/C11H13Br2NOS/c1-14-10(7-3-2-4-15-6-7)8-5-9(12)16-11(8)13/h5-6,10,14H,2-4H2,1H3. The molecule has 0 fully saturated rings. The van der Waals surface area contributed by atoms with Crippen LogP contribution >= 0.6 is 43.2 Å². The van der Waals surface area contributed by atoms with E-state index in [-0.39, 0.29) is 6.04 Å². The first-order valence-corrected chi connectivity index (χ1v) is 7.55. The minimum Gasteiger partial charge on any atom is -0.501 e. The minimum atomic E-state index is 0.247. The van der Waals surface area contributed by atoms with E-state index in [1.54, 1.807) is 11.3 Å². The van der Waals surface area contributed by atoms with Crippen LogP contribution in [0.2, 0.25) is 0 Å². The molecule has 0 aromatic carbocycles. The number of halogens is 2. The molecule has 0 bridgehead atoms. The van der Waals surface area contributed by atoms with Crippen molar-refractivity contribution in [3.63, 3.8) is 0 Å². The zero-order valence-electron chi connectivity index (χ0n) is 8.93. The van der Waals surface area contributed by atoms with Crippen LogP contribution in [-0.4, -0.2) is 13.7 Å². The van der Waals surface area contributed by atoms with E-state index in [1.807, 2.05) is 13.3 Å². The van der Waals surface area contributed by atoms with E-state index in [9.17, 15) is 0 Å². The van der Waals surface area contributed by atoms with Gasteiger partial charge in [-0.1, -0.05) is 0 Å². The van der Waals surface area contributed by atoms with E-state index in [4.69, 9.17) is 4.74 Å². The van der Waals surface area contributed by atoms with Gasteiger partial charge in [-0.3, -0.25) is 0 Å². The zero-order chi connectivity index (χ0) is 11.5. The molecule has 0 spiro atoms. The van der Waals surface area contributed by atoms with Crippen LogP contribution < -0.4 is 5.32 Å². The maximum Gasteiger partial charge on any atom is 0.0876 e. The third-order valence-electron chi connectivity index (χ3n) is 2.62. The molecule has 16 heavy (non-hydrogen) atoms. The third-order valence-corrected chi connectivity index (χ3v) is 5.00. The normalized spacial score (nSPS) is 17.8. The number of ether oxygens (including phenoxy) is 1. The van der Waals surface area contributed by atoms with E-state index in [0.29, 0.717) is 0 Å². The highest BCUT2D eigenvalue weighted by atomic mass is 79.9. The maximum atomic E-state index is 5.41. The topological polar surface area (TPSA) is 21.3 Å². The molecule has 0 aliphatic carbocycles. The highest BCUT2D eigenvalue weighted by molar-refractivity contribution is 9.12. The number of likely N-dealkylation sites (N-methyl/N-ethyl adjacent to an activating group) is 1. The van der Waals surface area contributed by atoms with E-state index < -0.39 is 0 Å². The predicted molar refractivity (Wildman–Crippen MR) is 74.8 cm³/mol. The second kappa shape index (κ2) is 5.67. The highest BCUT2D eigenvalue weighted by Crippen LogP contribution is 2.39. The summed E-state index contributed by atoms with van der Waals surface area (Å²) in [7, 11) is 1.98. The number of hydrogen-bond acceptors (Lipinski definition) is 3. The van der Waals surface area contributed by atoms with E-state index >= 15 is 0 Å². The molecule has 1 aromatic heterocycles. The van der Waals surface area contributed by atoms with Gasteiger partial charge in [0.1, 0.15) is 0 Å². The summed E-state index contributed by atoms with van der Waals surface area (Å²) in [5, 5.41) is 3.35. The Balaban J connectivity index is 2.28. The molecule has 2 nitrogen and oxygen atoms in total. The molecule has 88 valence electrons. The fourth-order valence-electron chi connectivity index (χ4n) is 1.89. The smallest absolute Gasteiger partial charge is 0.0876 e. The Morgan fingerprint density at radius 2 is 2.31 bits per heavy atom. The van der Waals surface area contributed by atoms with Crippen molar-refractivity contribution in [3.05, 3.63) is 31.0 Å². The van der Waals surface area contributed by atoms with Gasteiger partial charge in [0, 0.05) is 0 Å². The Morgan fingerprint density at radius 3 is 2.81 bits per heavy atom. The van der Waals surface area contributed by atoms with Crippen LogP contribution in [0.1, 0.15) is 24.4 Å². The lowest BCUT2D eigenvalue weighted by Gasteiger charge is -2.22. The zero-order valence-corrected chi connectivity index (χ0v) is 12.9. The number of hydrogen-bond donors (Lipinski definition) is 1. The van der Waals surface area contributed by atoms with Crippen LogP contribution in [0.15, 0.2) is 25.5 Å². The molecule has 1 unspecified atom stereocenters. The van der Waals surface area contributed by atoms with Crippen molar-refractivity contribution >= 4 is 43.2 Å². The molecule has 1 atom stereocenters. The van der Waals surface area contributed by atoms with Crippen molar-refractivity contribution in [2.75, 3.05) is 13.7 Å². The van der Waals surface area contributed by atoms with Crippen molar-refractivity contribution in [1.82, 2.24) is 5.32 Å². The lowest BCUT2D eigenvalue weighted by Crippen LogP contribution is -2.20. The Kier molecular flexibility index (Phi) is 4.47.